The van der Waals surface area contributed by atoms with Crippen molar-refractivity contribution in [1.82, 2.24) is 0 Å². The monoisotopic (exact) mass is 344 g/mol. The van der Waals surface area contributed by atoms with Gasteiger partial charge in [0.05, 0.1) is 12.2 Å². The summed E-state index contributed by atoms with van der Waals surface area (Å²) in [5, 5.41) is 32.3. The minimum absolute atomic E-state index is 0.106. The topological polar surface area (TPSA) is 60.7 Å². The summed E-state index contributed by atoms with van der Waals surface area (Å²) >= 11 is 0. The van der Waals surface area contributed by atoms with Crippen LogP contribution < -0.4 is 0 Å². The van der Waals surface area contributed by atoms with Crippen LogP contribution in [0.15, 0.2) is 11.6 Å². The van der Waals surface area contributed by atoms with E-state index >= 15 is 0 Å². The maximum absolute atomic E-state index is 11.1. The Bertz CT molecular complexity index is 634. The molecule has 0 spiro atoms. The van der Waals surface area contributed by atoms with Crippen molar-refractivity contribution in [2.24, 2.45) is 28.6 Å². The molecule has 0 amide bonds. The number of rotatable bonds is 0. The lowest BCUT2D eigenvalue weighted by molar-refractivity contribution is -0.0957. The van der Waals surface area contributed by atoms with Crippen LogP contribution in [0.2, 0.25) is 0 Å². The summed E-state index contributed by atoms with van der Waals surface area (Å²) in [6, 6.07) is 0. The lowest BCUT2D eigenvalue weighted by Gasteiger charge is -2.51. The molecule has 3 N–H and O–H groups in total. The third kappa shape index (κ3) is 2.37. The van der Waals surface area contributed by atoms with Crippen LogP contribution >= 0.6 is 0 Å². The summed E-state index contributed by atoms with van der Waals surface area (Å²) in [5.41, 5.74) is 0.0292. The number of aliphatic hydroxyl groups is 3. The minimum Gasteiger partial charge on any atom is -0.393 e. The van der Waals surface area contributed by atoms with Crippen molar-refractivity contribution in [1.29, 1.82) is 0 Å². The van der Waals surface area contributed by atoms with Gasteiger partial charge < -0.3 is 15.3 Å². The molecule has 0 aromatic rings. The lowest BCUT2D eigenvalue weighted by atomic mass is 9.54. The van der Waals surface area contributed by atoms with Crippen LogP contribution in [0.25, 0.3) is 0 Å². The van der Waals surface area contributed by atoms with Crippen LogP contribution in [-0.4, -0.2) is 33.1 Å². The zero-order valence-corrected chi connectivity index (χ0v) is 15.5. The van der Waals surface area contributed by atoms with Crippen molar-refractivity contribution < 1.29 is 15.3 Å². The van der Waals surface area contributed by atoms with Gasteiger partial charge in [-0.25, -0.2) is 0 Å². The SMILES string of the molecule is C#C[C@]1(O)CCC2C3C(CC[C@@]21C)C[C@@]1(C)CC[C@H](O)CC1=C[C@@H]3O. The van der Waals surface area contributed by atoms with E-state index in [-0.39, 0.29) is 28.8 Å². The average molecular weight is 344 g/mol. The summed E-state index contributed by atoms with van der Waals surface area (Å²) in [6.07, 6.45) is 14.2. The first-order valence-electron chi connectivity index (χ1n) is 10.00. The van der Waals surface area contributed by atoms with Crippen molar-refractivity contribution >= 4 is 0 Å². The highest BCUT2D eigenvalue weighted by atomic mass is 16.3. The molecule has 0 radical (unpaired) electrons. The van der Waals surface area contributed by atoms with Crippen molar-refractivity contribution in [3.63, 3.8) is 0 Å². The van der Waals surface area contributed by atoms with Crippen LogP contribution in [0.5, 0.6) is 0 Å². The molecule has 25 heavy (non-hydrogen) atoms. The molecule has 0 aromatic carbocycles. The Labute approximate surface area is 151 Å². The maximum atomic E-state index is 11.1. The van der Waals surface area contributed by atoms with Gasteiger partial charge in [0.15, 0.2) is 0 Å². The Morgan fingerprint density at radius 1 is 1.12 bits per heavy atom. The number of aliphatic hydroxyl groups excluding tert-OH is 2. The first kappa shape index (κ1) is 17.6. The molecular weight excluding hydrogens is 312 g/mol. The van der Waals surface area contributed by atoms with E-state index in [0.29, 0.717) is 18.8 Å². The number of fused-ring (bicyclic) bond motifs is 4. The summed E-state index contributed by atoms with van der Waals surface area (Å²) in [5.74, 6) is 3.61. The molecular formula is C22H32O3. The Morgan fingerprint density at radius 2 is 1.88 bits per heavy atom. The molecule has 0 saturated heterocycles. The second kappa shape index (κ2) is 5.59. The first-order chi connectivity index (χ1) is 11.7. The third-order valence-electron chi connectivity index (χ3n) is 8.60. The first-order valence-corrected chi connectivity index (χ1v) is 10.00. The van der Waals surface area contributed by atoms with Gasteiger partial charge in [-0.1, -0.05) is 31.4 Å². The van der Waals surface area contributed by atoms with Gasteiger partial charge in [-0.15, -0.1) is 6.42 Å². The van der Waals surface area contributed by atoms with Gasteiger partial charge in [-0.05, 0) is 74.5 Å². The fourth-order valence-corrected chi connectivity index (χ4v) is 6.93. The molecule has 0 aromatic heterocycles. The summed E-state index contributed by atoms with van der Waals surface area (Å²) in [4.78, 5) is 0. The van der Waals surface area contributed by atoms with Crippen LogP contribution in [-0.2, 0) is 0 Å². The largest absolute Gasteiger partial charge is 0.393 e. The highest BCUT2D eigenvalue weighted by Crippen LogP contribution is 2.64. The van der Waals surface area contributed by atoms with E-state index in [9.17, 15) is 15.3 Å². The third-order valence-corrected chi connectivity index (χ3v) is 8.60. The van der Waals surface area contributed by atoms with Crippen LogP contribution in [0.1, 0.15) is 65.2 Å². The Kier molecular flexibility index (Phi) is 3.93. The molecule has 0 aliphatic heterocycles. The Balaban J connectivity index is 1.71. The maximum Gasteiger partial charge on any atom is 0.130 e. The van der Waals surface area contributed by atoms with Gasteiger partial charge in [0.25, 0.3) is 0 Å². The van der Waals surface area contributed by atoms with Crippen LogP contribution in [0.4, 0.5) is 0 Å². The Hall–Kier alpha value is -0.820. The molecule has 0 heterocycles. The number of terminal acetylenes is 1. The highest BCUT2D eigenvalue weighted by Gasteiger charge is 2.62. The van der Waals surface area contributed by atoms with Gasteiger partial charge in [-0.2, -0.15) is 0 Å². The molecule has 3 saturated carbocycles. The predicted molar refractivity (Wildman–Crippen MR) is 97.5 cm³/mol. The van der Waals surface area contributed by atoms with E-state index in [1.165, 1.54) is 5.57 Å². The molecule has 3 fully saturated rings. The second-order valence-electron chi connectivity index (χ2n) is 9.79. The van der Waals surface area contributed by atoms with Gasteiger partial charge in [0.1, 0.15) is 5.60 Å². The van der Waals surface area contributed by atoms with E-state index in [1.807, 2.05) is 0 Å². The number of hydrogen-bond acceptors (Lipinski definition) is 3. The smallest absolute Gasteiger partial charge is 0.130 e. The quantitative estimate of drug-likeness (QED) is 0.468. The molecule has 138 valence electrons. The van der Waals surface area contributed by atoms with Gasteiger partial charge >= 0.3 is 0 Å². The standard InChI is InChI=1S/C22H32O3/c1-4-22(25)10-7-17-19-14(5-9-21(17,22)3)13-20(2)8-6-16(23)11-15(20)12-18(19)24/h1,12,14,16-19,23-25H,5-11,13H2,2-3H3/t14?,16-,17?,18-,19?,20+,21-,22-/m0/s1. The summed E-state index contributed by atoms with van der Waals surface area (Å²) in [7, 11) is 0. The van der Waals surface area contributed by atoms with E-state index in [0.717, 1.165) is 38.5 Å². The average Bonchev–Trinajstić information content (AvgIpc) is 2.77. The molecule has 3 nitrogen and oxygen atoms in total. The van der Waals surface area contributed by atoms with Crippen molar-refractivity contribution in [2.75, 3.05) is 0 Å². The minimum atomic E-state index is -1.03. The van der Waals surface area contributed by atoms with Crippen molar-refractivity contribution in [3.8, 4) is 12.3 Å². The van der Waals surface area contributed by atoms with Gasteiger partial charge in [0.2, 0.25) is 0 Å². The van der Waals surface area contributed by atoms with Crippen LogP contribution in [0, 0.1) is 40.9 Å². The fourth-order valence-electron chi connectivity index (χ4n) is 6.93. The van der Waals surface area contributed by atoms with Gasteiger partial charge in [0, 0.05) is 5.41 Å². The van der Waals surface area contributed by atoms with E-state index in [1.54, 1.807) is 0 Å². The van der Waals surface area contributed by atoms with Crippen LogP contribution in [0.3, 0.4) is 0 Å². The molecule has 4 aliphatic rings. The van der Waals surface area contributed by atoms with Crippen molar-refractivity contribution in [3.05, 3.63) is 11.6 Å². The zero-order chi connectivity index (χ0) is 18.0. The molecule has 4 aliphatic carbocycles. The fraction of sp³-hybridized carbons (Fsp3) is 0.818. The molecule has 8 atom stereocenters. The Morgan fingerprint density at radius 3 is 2.60 bits per heavy atom. The molecule has 0 bridgehead atoms. The lowest BCUT2D eigenvalue weighted by Crippen LogP contribution is -2.52. The van der Waals surface area contributed by atoms with E-state index in [4.69, 9.17) is 6.42 Å². The van der Waals surface area contributed by atoms with E-state index < -0.39 is 11.7 Å². The van der Waals surface area contributed by atoms with Gasteiger partial charge in [-0.3, -0.25) is 0 Å². The highest BCUT2D eigenvalue weighted by molar-refractivity contribution is 5.27. The zero-order valence-electron chi connectivity index (χ0n) is 15.5. The molecule has 3 heteroatoms. The summed E-state index contributed by atoms with van der Waals surface area (Å²) in [6.45, 7) is 4.46. The normalized spacial score (nSPS) is 55.2. The van der Waals surface area contributed by atoms with E-state index in [2.05, 4.69) is 25.8 Å². The summed E-state index contributed by atoms with van der Waals surface area (Å²) < 4.78 is 0. The van der Waals surface area contributed by atoms with Crippen molar-refractivity contribution in [2.45, 2.75) is 83.0 Å². The molecule has 4 rings (SSSR count). The molecule has 3 unspecified atom stereocenters. The predicted octanol–water partition coefficient (Wildman–Crippen LogP) is 3.04. The second-order valence-corrected chi connectivity index (χ2v) is 9.79. The number of hydrogen-bond donors (Lipinski definition) is 3.